The van der Waals surface area contributed by atoms with Crippen LogP contribution in [-0.2, 0) is 20.0 Å². The van der Waals surface area contributed by atoms with Crippen molar-refractivity contribution in [2.45, 2.75) is 4.90 Å². The molecule has 0 saturated heterocycles. The monoisotopic (exact) mass is 382 g/mol. The van der Waals surface area contributed by atoms with Crippen LogP contribution in [0.2, 0.25) is 0 Å². The Morgan fingerprint density at radius 1 is 1.00 bits per heavy atom. The highest BCUT2D eigenvalue weighted by Gasteiger charge is 2.20. The van der Waals surface area contributed by atoms with Gasteiger partial charge < -0.3 is 5.11 Å². The molecular formula is C16H18N2O5S2. The van der Waals surface area contributed by atoms with Crippen LogP contribution in [-0.4, -0.2) is 40.3 Å². The standard InChI is InChI=1S/C16H18N2O5S2/c1-18(2)25(22,23)14-8-9-16(19)15(12-14)17-24(20,21)11-10-13-6-4-3-5-7-13/h3-12,17,19H,1-2H3/b11-10+. The van der Waals surface area contributed by atoms with Crippen LogP contribution >= 0.6 is 0 Å². The minimum atomic E-state index is -3.94. The number of rotatable bonds is 6. The number of hydrogen-bond acceptors (Lipinski definition) is 5. The molecule has 9 heteroatoms. The number of aromatic hydroxyl groups is 1. The molecule has 2 aromatic rings. The van der Waals surface area contributed by atoms with Crippen LogP contribution in [0.25, 0.3) is 6.08 Å². The summed E-state index contributed by atoms with van der Waals surface area (Å²) < 4.78 is 51.7. The van der Waals surface area contributed by atoms with Gasteiger partial charge in [0.05, 0.1) is 16.0 Å². The molecule has 7 nitrogen and oxygen atoms in total. The third-order valence-corrected chi connectivity index (χ3v) is 6.05. The first-order chi connectivity index (χ1) is 11.6. The van der Waals surface area contributed by atoms with Crippen molar-refractivity contribution in [3.63, 3.8) is 0 Å². The molecule has 0 bridgehead atoms. The molecule has 0 amide bonds. The minimum Gasteiger partial charge on any atom is -0.506 e. The molecule has 0 aliphatic heterocycles. The zero-order valence-corrected chi connectivity index (χ0v) is 15.3. The van der Waals surface area contributed by atoms with E-state index >= 15 is 0 Å². The third kappa shape index (κ3) is 4.81. The van der Waals surface area contributed by atoms with E-state index < -0.39 is 20.0 Å². The molecule has 0 radical (unpaired) electrons. The molecule has 0 aliphatic carbocycles. The summed E-state index contributed by atoms with van der Waals surface area (Å²) in [4.78, 5) is -0.139. The van der Waals surface area contributed by atoms with Crippen LogP contribution in [0, 0.1) is 0 Å². The number of nitrogens with one attached hydrogen (secondary N) is 1. The number of sulfonamides is 2. The third-order valence-electron chi connectivity index (χ3n) is 3.24. The van der Waals surface area contributed by atoms with E-state index in [2.05, 4.69) is 4.72 Å². The van der Waals surface area contributed by atoms with E-state index in [1.54, 1.807) is 30.3 Å². The van der Waals surface area contributed by atoms with Crippen LogP contribution < -0.4 is 4.72 Å². The molecule has 0 atom stereocenters. The smallest absolute Gasteiger partial charge is 0.255 e. The predicted octanol–water partition coefficient (Wildman–Crippen LogP) is 2.06. The average molecular weight is 382 g/mol. The lowest BCUT2D eigenvalue weighted by molar-refractivity contribution is 0.477. The molecule has 2 aromatic carbocycles. The molecule has 0 aliphatic rings. The molecule has 0 saturated carbocycles. The average Bonchev–Trinajstić information content (AvgIpc) is 2.55. The van der Waals surface area contributed by atoms with Crippen molar-refractivity contribution in [3.05, 3.63) is 59.5 Å². The molecule has 2 rings (SSSR count). The maximum absolute atomic E-state index is 12.2. The highest BCUT2D eigenvalue weighted by Crippen LogP contribution is 2.28. The van der Waals surface area contributed by atoms with Crippen LogP contribution in [0.1, 0.15) is 5.56 Å². The number of phenols is 1. The first-order valence-electron chi connectivity index (χ1n) is 7.13. The van der Waals surface area contributed by atoms with E-state index in [4.69, 9.17) is 0 Å². The normalized spacial score (nSPS) is 12.6. The molecule has 134 valence electrons. The first-order valence-corrected chi connectivity index (χ1v) is 10.1. The van der Waals surface area contributed by atoms with E-state index in [9.17, 15) is 21.9 Å². The van der Waals surface area contributed by atoms with Crippen LogP contribution in [0.3, 0.4) is 0 Å². The van der Waals surface area contributed by atoms with E-state index in [0.717, 1.165) is 21.8 Å². The molecule has 2 N–H and O–H groups in total. The number of nitrogens with zero attached hydrogens (tertiary/aromatic N) is 1. The maximum Gasteiger partial charge on any atom is 0.255 e. The fraction of sp³-hybridized carbons (Fsp3) is 0.125. The van der Waals surface area contributed by atoms with Gasteiger partial charge in [0.15, 0.2) is 0 Å². The van der Waals surface area contributed by atoms with Gasteiger partial charge in [0, 0.05) is 14.1 Å². The Hall–Kier alpha value is -2.36. The summed E-state index contributed by atoms with van der Waals surface area (Å²) in [6.45, 7) is 0. The van der Waals surface area contributed by atoms with E-state index in [1.165, 1.54) is 26.2 Å². The van der Waals surface area contributed by atoms with Crippen molar-refractivity contribution >= 4 is 31.8 Å². The zero-order chi connectivity index (χ0) is 18.7. The maximum atomic E-state index is 12.2. The molecular weight excluding hydrogens is 364 g/mol. The van der Waals surface area contributed by atoms with Gasteiger partial charge in [-0.2, -0.15) is 0 Å². The minimum absolute atomic E-state index is 0.139. The second-order valence-electron chi connectivity index (χ2n) is 5.33. The topological polar surface area (TPSA) is 104 Å². The first kappa shape index (κ1) is 19.0. The Bertz CT molecular complexity index is 982. The van der Waals surface area contributed by atoms with E-state index in [-0.39, 0.29) is 16.3 Å². The lowest BCUT2D eigenvalue weighted by Gasteiger charge is -2.13. The summed E-state index contributed by atoms with van der Waals surface area (Å²) in [5.74, 6) is -0.380. The molecule has 0 unspecified atom stereocenters. The molecule has 0 fully saturated rings. The second kappa shape index (κ2) is 7.26. The second-order valence-corrected chi connectivity index (χ2v) is 9.05. The number of benzene rings is 2. The quantitative estimate of drug-likeness (QED) is 0.744. The number of hydrogen-bond donors (Lipinski definition) is 2. The fourth-order valence-electron chi connectivity index (χ4n) is 1.89. The molecule has 0 spiro atoms. The van der Waals surface area contributed by atoms with Crippen LogP contribution in [0.15, 0.2) is 58.8 Å². The lowest BCUT2D eigenvalue weighted by atomic mass is 10.2. The molecule has 25 heavy (non-hydrogen) atoms. The molecule has 0 heterocycles. The SMILES string of the molecule is CN(C)S(=O)(=O)c1ccc(O)c(NS(=O)(=O)/C=C/c2ccccc2)c1. The van der Waals surface area contributed by atoms with Crippen LogP contribution in [0.5, 0.6) is 5.75 Å². The van der Waals surface area contributed by atoms with Crippen molar-refractivity contribution in [3.8, 4) is 5.75 Å². The van der Waals surface area contributed by atoms with Gasteiger partial charge in [0.25, 0.3) is 10.0 Å². The van der Waals surface area contributed by atoms with Gasteiger partial charge >= 0.3 is 0 Å². The van der Waals surface area contributed by atoms with Gasteiger partial charge in [0.2, 0.25) is 10.0 Å². The van der Waals surface area contributed by atoms with Crippen molar-refractivity contribution in [1.29, 1.82) is 0 Å². The van der Waals surface area contributed by atoms with Gasteiger partial charge in [0.1, 0.15) is 5.75 Å². The Kier molecular flexibility index (Phi) is 5.51. The summed E-state index contributed by atoms with van der Waals surface area (Å²) in [5.41, 5.74) is 0.460. The summed E-state index contributed by atoms with van der Waals surface area (Å²) >= 11 is 0. The lowest BCUT2D eigenvalue weighted by Crippen LogP contribution is -2.22. The van der Waals surface area contributed by atoms with E-state index in [0.29, 0.717) is 5.56 Å². The van der Waals surface area contributed by atoms with Gasteiger partial charge in [-0.15, -0.1) is 0 Å². The van der Waals surface area contributed by atoms with Gasteiger partial charge in [-0.1, -0.05) is 30.3 Å². The Labute approximate surface area is 147 Å². The number of anilines is 1. The van der Waals surface area contributed by atoms with Gasteiger partial charge in [-0.05, 0) is 29.8 Å². The fourth-order valence-corrected chi connectivity index (χ4v) is 3.69. The predicted molar refractivity (Wildman–Crippen MR) is 97.0 cm³/mol. The van der Waals surface area contributed by atoms with Crippen molar-refractivity contribution < 1.29 is 21.9 Å². The van der Waals surface area contributed by atoms with Gasteiger partial charge in [-0.25, -0.2) is 21.1 Å². The summed E-state index contributed by atoms with van der Waals surface area (Å²) in [5, 5.41) is 10.8. The zero-order valence-electron chi connectivity index (χ0n) is 13.6. The Morgan fingerprint density at radius 2 is 1.64 bits per heavy atom. The summed E-state index contributed by atoms with van der Waals surface area (Å²) in [6.07, 6.45) is 1.39. The van der Waals surface area contributed by atoms with Crippen LogP contribution in [0.4, 0.5) is 5.69 Å². The van der Waals surface area contributed by atoms with Gasteiger partial charge in [-0.3, -0.25) is 4.72 Å². The van der Waals surface area contributed by atoms with Crippen molar-refractivity contribution in [1.82, 2.24) is 4.31 Å². The van der Waals surface area contributed by atoms with Crippen molar-refractivity contribution in [2.75, 3.05) is 18.8 Å². The largest absolute Gasteiger partial charge is 0.506 e. The highest BCUT2D eigenvalue weighted by atomic mass is 32.2. The summed E-state index contributed by atoms with van der Waals surface area (Å²) in [7, 11) is -4.98. The summed E-state index contributed by atoms with van der Waals surface area (Å²) in [6, 6.07) is 12.2. The number of phenolic OH excluding ortho intramolecular Hbond substituents is 1. The van der Waals surface area contributed by atoms with Crippen molar-refractivity contribution in [2.24, 2.45) is 0 Å². The van der Waals surface area contributed by atoms with E-state index in [1.807, 2.05) is 0 Å². The highest BCUT2D eigenvalue weighted by molar-refractivity contribution is 7.95. The Balaban J connectivity index is 2.32. The Morgan fingerprint density at radius 3 is 2.24 bits per heavy atom. The molecule has 0 aromatic heterocycles.